The molecule has 0 bridgehead atoms. The van der Waals surface area contributed by atoms with Gasteiger partial charge >= 0.3 is 0 Å². The van der Waals surface area contributed by atoms with Crippen molar-refractivity contribution in [3.8, 4) is 0 Å². The molecule has 0 spiro atoms. The lowest BCUT2D eigenvalue weighted by molar-refractivity contribution is 0.590. The van der Waals surface area contributed by atoms with E-state index in [9.17, 15) is 0 Å². The Balaban J connectivity index is 2.08. The molecule has 1 N–H and O–H groups in total. The first-order valence-corrected chi connectivity index (χ1v) is 8.27. The minimum atomic E-state index is 0.216. The fraction of sp³-hybridized carbons (Fsp3) is 0.368. The molecule has 21 heavy (non-hydrogen) atoms. The summed E-state index contributed by atoms with van der Waals surface area (Å²) in [6.45, 7) is 8.91. The molecule has 0 fully saturated rings. The van der Waals surface area contributed by atoms with E-state index >= 15 is 0 Å². The molecule has 0 aliphatic heterocycles. The normalized spacial score (nSPS) is 13.2. The van der Waals surface area contributed by atoms with Gasteiger partial charge in [0.25, 0.3) is 0 Å². The Morgan fingerprint density at radius 2 is 1.33 bits per heavy atom. The van der Waals surface area contributed by atoms with Crippen molar-refractivity contribution in [1.82, 2.24) is 5.32 Å². The van der Waals surface area contributed by atoms with Crippen molar-refractivity contribution in [3.63, 3.8) is 0 Å². The zero-order valence-corrected chi connectivity index (χ0v) is 14.4. The summed E-state index contributed by atoms with van der Waals surface area (Å²) in [5, 5.41) is 3.26. The molecule has 1 atom stereocenters. The zero-order valence-electron chi connectivity index (χ0n) is 13.6. The maximum Gasteiger partial charge on any atom is 0.0289 e. The summed E-state index contributed by atoms with van der Waals surface area (Å²) in [6.07, 6.45) is 0. The van der Waals surface area contributed by atoms with Crippen molar-refractivity contribution in [2.45, 2.75) is 48.9 Å². The molecular formula is C19H25NS. The van der Waals surface area contributed by atoms with Crippen LogP contribution in [0, 0.1) is 0 Å². The van der Waals surface area contributed by atoms with Crippen LogP contribution in [-0.2, 0) is 5.41 Å². The van der Waals surface area contributed by atoms with Gasteiger partial charge in [0.2, 0.25) is 0 Å². The molecule has 0 aliphatic rings. The first kappa shape index (κ1) is 16.1. The average molecular weight is 299 g/mol. The smallest absolute Gasteiger partial charge is 0.0289 e. The first-order chi connectivity index (χ1) is 9.90. The molecule has 2 heteroatoms. The number of benzene rings is 2. The van der Waals surface area contributed by atoms with E-state index in [4.69, 9.17) is 0 Å². The van der Waals surface area contributed by atoms with Crippen LogP contribution in [0.1, 0.15) is 44.9 Å². The highest BCUT2D eigenvalue weighted by atomic mass is 32.2. The van der Waals surface area contributed by atoms with Crippen molar-refractivity contribution >= 4 is 11.8 Å². The van der Waals surface area contributed by atoms with Gasteiger partial charge in [-0.25, -0.2) is 0 Å². The summed E-state index contributed by atoms with van der Waals surface area (Å²) < 4.78 is 0. The van der Waals surface area contributed by atoms with Crippen LogP contribution in [-0.4, -0.2) is 7.05 Å². The minimum Gasteiger partial charge on any atom is -0.313 e. The fourth-order valence-electron chi connectivity index (χ4n) is 2.15. The van der Waals surface area contributed by atoms with Gasteiger partial charge in [0.1, 0.15) is 0 Å². The molecule has 0 heterocycles. The lowest BCUT2D eigenvalue weighted by Gasteiger charge is -2.19. The van der Waals surface area contributed by atoms with Gasteiger partial charge in [-0.05, 0) is 54.8 Å². The van der Waals surface area contributed by atoms with Gasteiger partial charge in [0.05, 0.1) is 0 Å². The van der Waals surface area contributed by atoms with Crippen LogP contribution < -0.4 is 5.32 Å². The van der Waals surface area contributed by atoms with E-state index in [1.807, 2.05) is 18.8 Å². The lowest BCUT2D eigenvalue weighted by atomic mass is 9.87. The van der Waals surface area contributed by atoms with Crippen molar-refractivity contribution in [2.75, 3.05) is 7.05 Å². The Hall–Kier alpha value is -1.25. The third-order valence-electron chi connectivity index (χ3n) is 3.77. The molecular weight excluding hydrogens is 274 g/mol. The summed E-state index contributed by atoms with van der Waals surface area (Å²) in [6, 6.07) is 18.1. The van der Waals surface area contributed by atoms with Crippen molar-refractivity contribution in [3.05, 3.63) is 59.7 Å². The summed E-state index contributed by atoms with van der Waals surface area (Å²) in [5.41, 5.74) is 2.92. The first-order valence-electron chi connectivity index (χ1n) is 7.46. The Bertz CT molecular complexity index is 564. The molecule has 1 nitrogen and oxygen atoms in total. The molecule has 0 saturated heterocycles. The Labute approximate surface area is 133 Å². The standard InChI is InChI=1S/C19H25NS/c1-14(20-5)15-6-10-17(11-7-15)21-18-12-8-16(9-13-18)19(2,3)4/h6-14,20H,1-5H3. The van der Waals surface area contributed by atoms with Crippen LogP contribution in [0.5, 0.6) is 0 Å². The maximum atomic E-state index is 3.26. The van der Waals surface area contributed by atoms with Gasteiger partial charge in [-0.2, -0.15) is 0 Å². The molecule has 2 aromatic rings. The highest BCUT2D eigenvalue weighted by molar-refractivity contribution is 7.99. The van der Waals surface area contributed by atoms with E-state index in [1.165, 1.54) is 20.9 Å². The van der Waals surface area contributed by atoms with E-state index in [0.717, 1.165) is 0 Å². The summed E-state index contributed by atoms with van der Waals surface area (Å²) in [7, 11) is 1.99. The Morgan fingerprint density at radius 1 is 0.857 bits per heavy atom. The second-order valence-electron chi connectivity index (χ2n) is 6.46. The van der Waals surface area contributed by atoms with Crippen molar-refractivity contribution in [1.29, 1.82) is 0 Å². The summed E-state index contributed by atoms with van der Waals surface area (Å²) >= 11 is 1.81. The molecule has 0 amide bonds. The van der Waals surface area contributed by atoms with Gasteiger partial charge in [0, 0.05) is 15.8 Å². The number of hydrogen-bond acceptors (Lipinski definition) is 2. The monoisotopic (exact) mass is 299 g/mol. The molecule has 2 rings (SSSR count). The topological polar surface area (TPSA) is 12.0 Å². The predicted molar refractivity (Wildman–Crippen MR) is 93.2 cm³/mol. The molecule has 112 valence electrons. The zero-order chi connectivity index (χ0) is 15.5. The number of rotatable bonds is 4. The SMILES string of the molecule is CNC(C)c1ccc(Sc2ccc(C(C)(C)C)cc2)cc1. The molecule has 2 aromatic carbocycles. The average Bonchev–Trinajstić information content (AvgIpc) is 2.47. The van der Waals surface area contributed by atoms with Gasteiger partial charge in [-0.3, -0.25) is 0 Å². The Morgan fingerprint density at radius 3 is 1.76 bits per heavy atom. The highest BCUT2D eigenvalue weighted by Gasteiger charge is 2.12. The molecule has 1 unspecified atom stereocenters. The predicted octanol–water partition coefficient (Wildman–Crippen LogP) is 5.42. The van der Waals surface area contributed by atoms with E-state index in [2.05, 4.69) is 81.5 Å². The molecule has 0 radical (unpaired) electrons. The van der Waals surface area contributed by atoms with E-state index in [-0.39, 0.29) is 5.41 Å². The van der Waals surface area contributed by atoms with E-state index in [0.29, 0.717) is 6.04 Å². The van der Waals surface area contributed by atoms with Gasteiger partial charge in [-0.15, -0.1) is 0 Å². The number of nitrogens with one attached hydrogen (secondary N) is 1. The van der Waals surface area contributed by atoms with Crippen LogP contribution in [0.2, 0.25) is 0 Å². The summed E-state index contributed by atoms with van der Waals surface area (Å²) in [4.78, 5) is 2.57. The Kier molecular flexibility index (Phi) is 5.13. The third-order valence-corrected chi connectivity index (χ3v) is 4.78. The van der Waals surface area contributed by atoms with E-state index < -0.39 is 0 Å². The van der Waals surface area contributed by atoms with Crippen molar-refractivity contribution < 1.29 is 0 Å². The van der Waals surface area contributed by atoms with Crippen LogP contribution in [0.3, 0.4) is 0 Å². The largest absolute Gasteiger partial charge is 0.313 e. The fourth-order valence-corrected chi connectivity index (χ4v) is 2.97. The van der Waals surface area contributed by atoms with E-state index in [1.54, 1.807) is 0 Å². The molecule has 0 aliphatic carbocycles. The van der Waals surface area contributed by atoms with Gasteiger partial charge < -0.3 is 5.32 Å². The maximum absolute atomic E-state index is 3.26. The third kappa shape index (κ3) is 4.36. The second-order valence-corrected chi connectivity index (χ2v) is 7.60. The molecule has 0 aromatic heterocycles. The van der Waals surface area contributed by atoms with Crippen LogP contribution in [0.4, 0.5) is 0 Å². The second kappa shape index (κ2) is 6.67. The van der Waals surface area contributed by atoms with Crippen LogP contribution in [0.25, 0.3) is 0 Å². The minimum absolute atomic E-state index is 0.216. The van der Waals surface area contributed by atoms with Crippen LogP contribution >= 0.6 is 11.8 Å². The quantitative estimate of drug-likeness (QED) is 0.809. The van der Waals surface area contributed by atoms with Gasteiger partial charge in [-0.1, -0.05) is 56.8 Å². The number of hydrogen-bond donors (Lipinski definition) is 1. The molecule has 0 saturated carbocycles. The van der Waals surface area contributed by atoms with Crippen LogP contribution in [0.15, 0.2) is 58.3 Å². The highest BCUT2D eigenvalue weighted by Crippen LogP contribution is 2.30. The lowest BCUT2D eigenvalue weighted by Crippen LogP contribution is -2.11. The van der Waals surface area contributed by atoms with Gasteiger partial charge in [0.15, 0.2) is 0 Å². The summed E-state index contributed by atoms with van der Waals surface area (Å²) in [5.74, 6) is 0. The van der Waals surface area contributed by atoms with Crippen molar-refractivity contribution in [2.24, 2.45) is 0 Å².